The standard InChI is InChI=1S/C21H22O3/c1-16(12-19-11-7-6-8-17(19)2)13-20(14-22)21(23)24-15-18-9-4-3-5-10-18/h3-12,14,20H,13,15H2,1-2H3/b16-12+/t20-/m0/s1. The van der Waals surface area contributed by atoms with Crippen LogP contribution >= 0.6 is 0 Å². The molecule has 0 aliphatic carbocycles. The molecule has 2 aromatic rings. The molecule has 0 aliphatic heterocycles. The highest BCUT2D eigenvalue weighted by Gasteiger charge is 2.19. The summed E-state index contributed by atoms with van der Waals surface area (Å²) in [6.07, 6.45) is 3.05. The summed E-state index contributed by atoms with van der Waals surface area (Å²) in [6, 6.07) is 17.4. The Labute approximate surface area is 143 Å². The average Bonchev–Trinajstić information content (AvgIpc) is 2.60. The first kappa shape index (κ1) is 17.7. The summed E-state index contributed by atoms with van der Waals surface area (Å²) in [6.45, 7) is 4.14. The number of carbonyl (C=O) groups excluding carboxylic acids is 2. The van der Waals surface area contributed by atoms with Crippen molar-refractivity contribution >= 4 is 18.3 Å². The van der Waals surface area contributed by atoms with Gasteiger partial charge in [-0.05, 0) is 37.0 Å². The van der Waals surface area contributed by atoms with Crippen LogP contribution < -0.4 is 0 Å². The van der Waals surface area contributed by atoms with Crippen LogP contribution in [-0.2, 0) is 20.9 Å². The molecular formula is C21H22O3. The Hall–Kier alpha value is -2.68. The Kier molecular flexibility index (Phi) is 6.50. The molecule has 0 bridgehead atoms. The molecule has 0 aliphatic rings. The Morgan fingerprint density at radius 1 is 1.08 bits per heavy atom. The molecule has 1 atom stereocenters. The molecule has 3 heteroatoms. The van der Waals surface area contributed by atoms with Crippen LogP contribution in [0.15, 0.2) is 60.2 Å². The molecule has 0 heterocycles. The highest BCUT2D eigenvalue weighted by atomic mass is 16.5. The van der Waals surface area contributed by atoms with Gasteiger partial charge < -0.3 is 9.53 Å². The van der Waals surface area contributed by atoms with E-state index in [4.69, 9.17) is 4.74 Å². The van der Waals surface area contributed by atoms with Gasteiger partial charge in [0.15, 0.2) is 0 Å². The molecule has 0 amide bonds. The third kappa shape index (κ3) is 5.20. The van der Waals surface area contributed by atoms with Gasteiger partial charge in [0.25, 0.3) is 0 Å². The maximum absolute atomic E-state index is 12.1. The molecule has 3 nitrogen and oxygen atoms in total. The number of benzene rings is 2. The summed E-state index contributed by atoms with van der Waals surface area (Å²) < 4.78 is 5.26. The Balaban J connectivity index is 1.96. The molecule has 0 unspecified atom stereocenters. The van der Waals surface area contributed by atoms with Gasteiger partial charge in [0.05, 0.1) is 0 Å². The van der Waals surface area contributed by atoms with E-state index in [2.05, 4.69) is 0 Å². The predicted octanol–water partition coefficient (Wildman–Crippen LogP) is 4.35. The van der Waals surface area contributed by atoms with Gasteiger partial charge in [-0.2, -0.15) is 0 Å². The molecule has 24 heavy (non-hydrogen) atoms. The van der Waals surface area contributed by atoms with Crippen LogP contribution in [-0.4, -0.2) is 12.3 Å². The Bertz CT molecular complexity index is 717. The zero-order valence-electron chi connectivity index (χ0n) is 14.1. The van der Waals surface area contributed by atoms with E-state index in [1.807, 2.05) is 74.5 Å². The van der Waals surface area contributed by atoms with E-state index in [0.29, 0.717) is 12.7 Å². The highest BCUT2D eigenvalue weighted by Crippen LogP contribution is 2.18. The van der Waals surface area contributed by atoms with E-state index in [-0.39, 0.29) is 6.61 Å². The van der Waals surface area contributed by atoms with E-state index >= 15 is 0 Å². The van der Waals surface area contributed by atoms with Crippen LogP contribution in [0.1, 0.15) is 30.0 Å². The minimum absolute atomic E-state index is 0.185. The fraction of sp³-hybridized carbons (Fsp3) is 0.238. The molecule has 2 rings (SSSR count). The topological polar surface area (TPSA) is 43.4 Å². The lowest BCUT2D eigenvalue weighted by Crippen LogP contribution is -2.19. The molecule has 0 saturated carbocycles. The lowest BCUT2D eigenvalue weighted by atomic mass is 9.98. The zero-order chi connectivity index (χ0) is 17.4. The first-order valence-corrected chi connectivity index (χ1v) is 7.99. The van der Waals surface area contributed by atoms with Gasteiger partial charge in [0.1, 0.15) is 18.8 Å². The van der Waals surface area contributed by atoms with Crippen molar-refractivity contribution in [3.63, 3.8) is 0 Å². The molecule has 0 aromatic heterocycles. The van der Waals surface area contributed by atoms with Crippen LogP contribution in [0, 0.1) is 12.8 Å². The van der Waals surface area contributed by atoms with Crippen molar-refractivity contribution in [3.05, 3.63) is 76.9 Å². The van der Waals surface area contributed by atoms with Gasteiger partial charge in [-0.15, -0.1) is 0 Å². The van der Waals surface area contributed by atoms with Gasteiger partial charge in [-0.1, -0.05) is 66.2 Å². The van der Waals surface area contributed by atoms with Gasteiger partial charge >= 0.3 is 5.97 Å². The molecule has 124 valence electrons. The minimum atomic E-state index is -0.769. The molecule has 0 saturated heterocycles. The number of carbonyl (C=O) groups is 2. The SMILES string of the molecule is C/C(=C\c1ccccc1C)C[C@@H](C=O)C(=O)OCc1ccccc1. The number of aryl methyl sites for hydroxylation is 1. The summed E-state index contributed by atoms with van der Waals surface area (Å²) in [5.41, 5.74) is 4.13. The maximum atomic E-state index is 12.1. The van der Waals surface area contributed by atoms with E-state index in [1.165, 1.54) is 0 Å². The maximum Gasteiger partial charge on any atom is 0.316 e. The zero-order valence-corrected chi connectivity index (χ0v) is 14.1. The van der Waals surface area contributed by atoms with Crippen LogP contribution in [0.2, 0.25) is 0 Å². The molecule has 0 fully saturated rings. The second kappa shape index (κ2) is 8.82. The fourth-order valence-electron chi connectivity index (χ4n) is 2.44. The van der Waals surface area contributed by atoms with Crippen molar-refractivity contribution in [2.75, 3.05) is 0 Å². The molecule has 0 N–H and O–H groups in total. The fourth-order valence-corrected chi connectivity index (χ4v) is 2.44. The monoisotopic (exact) mass is 322 g/mol. The summed E-state index contributed by atoms with van der Waals surface area (Å²) >= 11 is 0. The first-order valence-electron chi connectivity index (χ1n) is 7.99. The van der Waals surface area contributed by atoms with Crippen molar-refractivity contribution < 1.29 is 14.3 Å². The van der Waals surface area contributed by atoms with E-state index in [1.54, 1.807) is 0 Å². The summed E-state index contributed by atoms with van der Waals surface area (Å²) in [5.74, 6) is -1.25. The Morgan fingerprint density at radius 2 is 1.75 bits per heavy atom. The number of aldehydes is 1. The number of hydrogen-bond donors (Lipinski definition) is 0. The van der Waals surface area contributed by atoms with Gasteiger partial charge in [-0.25, -0.2) is 0 Å². The van der Waals surface area contributed by atoms with E-state index < -0.39 is 11.9 Å². The van der Waals surface area contributed by atoms with Crippen molar-refractivity contribution in [1.29, 1.82) is 0 Å². The normalized spacial score (nSPS) is 12.5. The molecule has 0 radical (unpaired) electrons. The summed E-state index contributed by atoms with van der Waals surface area (Å²) in [4.78, 5) is 23.4. The minimum Gasteiger partial charge on any atom is -0.460 e. The predicted molar refractivity (Wildman–Crippen MR) is 95.2 cm³/mol. The number of hydrogen-bond acceptors (Lipinski definition) is 3. The lowest BCUT2D eigenvalue weighted by Gasteiger charge is -2.11. The van der Waals surface area contributed by atoms with Crippen molar-refractivity contribution in [3.8, 4) is 0 Å². The second-order valence-corrected chi connectivity index (χ2v) is 5.89. The third-order valence-electron chi connectivity index (χ3n) is 3.82. The number of allylic oxidation sites excluding steroid dienone is 1. The van der Waals surface area contributed by atoms with Crippen molar-refractivity contribution in [2.45, 2.75) is 26.9 Å². The summed E-state index contributed by atoms with van der Waals surface area (Å²) in [5, 5.41) is 0. The lowest BCUT2D eigenvalue weighted by molar-refractivity contribution is -0.150. The van der Waals surface area contributed by atoms with Gasteiger partial charge in [-0.3, -0.25) is 4.79 Å². The van der Waals surface area contributed by atoms with E-state index in [0.717, 1.165) is 22.3 Å². The van der Waals surface area contributed by atoms with Gasteiger partial charge in [0.2, 0.25) is 0 Å². The highest BCUT2D eigenvalue weighted by molar-refractivity contribution is 5.88. The third-order valence-corrected chi connectivity index (χ3v) is 3.82. The van der Waals surface area contributed by atoms with Crippen LogP contribution in [0.3, 0.4) is 0 Å². The Morgan fingerprint density at radius 3 is 2.42 bits per heavy atom. The second-order valence-electron chi connectivity index (χ2n) is 5.89. The molecule has 2 aromatic carbocycles. The van der Waals surface area contributed by atoms with Crippen LogP contribution in [0.5, 0.6) is 0 Å². The number of ether oxygens (including phenoxy) is 1. The van der Waals surface area contributed by atoms with Crippen LogP contribution in [0.4, 0.5) is 0 Å². The number of esters is 1. The average molecular weight is 322 g/mol. The quantitative estimate of drug-likeness (QED) is 0.432. The van der Waals surface area contributed by atoms with Crippen molar-refractivity contribution in [2.24, 2.45) is 5.92 Å². The smallest absolute Gasteiger partial charge is 0.316 e. The largest absolute Gasteiger partial charge is 0.460 e. The first-order chi connectivity index (χ1) is 11.6. The van der Waals surface area contributed by atoms with E-state index in [9.17, 15) is 9.59 Å². The summed E-state index contributed by atoms with van der Waals surface area (Å²) in [7, 11) is 0. The number of rotatable bonds is 7. The van der Waals surface area contributed by atoms with Crippen LogP contribution in [0.25, 0.3) is 6.08 Å². The van der Waals surface area contributed by atoms with Gasteiger partial charge in [0, 0.05) is 0 Å². The molecule has 0 spiro atoms. The molecular weight excluding hydrogens is 300 g/mol. The van der Waals surface area contributed by atoms with Crippen molar-refractivity contribution in [1.82, 2.24) is 0 Å².